The lowest BCUT2D eigenvalue weighted by Gasteiger charge is -2.08. The molecule has 1 rings (SSSR count). The first-order valence-corrected chi connectivity index (χ1v) is 5.18. The Bertz CT molecular complexity index is 473. The number of carbonyl (C=O) groups is 3. The fourth-order valence-electron chi connectivity index (χ4n) is 1.27. The summed E-state index contributed by atoms with van der Waals surface area (Å²) in [5.41, 5.74) is 6.05. The minimum Gasteiger partial charge on any atom is -0.376 e. The molecule has 7 nitrogen and oxygen atoms in total. The average Bonchev–Trinajstić information content (AvgIpc) is 2.25. The van der Waals surface area contributed by atoms with Crippen molar-refractivity contribution in [3.05, 3.63) is 24.3 Å². The third-order valence-corrected chi connectivity index (χ3v) is 1.90. The van der Waals surface area contributed by atoms with E-state index in [2.05, 4.69) is 10.6 Å². The van der Waals surface area contributed by atoms with Gasteiger partial charge < -0.3 is 16.4 Å². The molecule has 0 heterocycles. The molecule has 0 radical (unpaired) electrons. The van der Waals surface area contributed by atoms with E-state index in [1.165, 1.54) is 6.92 Å². The van der Waals surface area contributed by atoms with Gasteiger partial charge in [-0.15, -0.1) is 0 Å². The van der Waals surface area contributed by atoms with Gasteiger partial charge in [0.1, 0.15) is 0 Å². The Labute approximate surface area is 104 Å². The Morgan fingerprint density at radius 3 is 2.50 bits per heavy atom. The maximum Gasteiger partial charge on any atom is 0.318 e. The summed E-state index contributed by atoms with van der Waals surface area (Å²) >= 11 is 0. The van der Waals surface area contributed by atoms with Crippen LogP contribution in [0.25, 0.3) is 0 Å². The highest BCUT2D eigenvalue weighted by molar-refractivity contribution is 5.95. The molecule has 1 aromatic carbocycles. The predicted octanol–water partition coefficient (Wildman–Crippen LogP) is 0.252. The van der Waals surface area contributed by atoms with Gasteiger partial charge in [-0.25, -0.2) is 4.79 Å². The van der Waals surface area contributed by atoms with Gasteiger partial charge in [0.15, 0.2) is 0 Å². The zero-order valence-electron chi connectivity index (χ0n) is 9.82. The molecule has 0 atom stereocenters. The monoisotopic (exact) mass is 250 g/mol. The van der Waals surface area contributed by atoms with Crippen molar-refractivity contribution in [1.29, 1.82) is 0 Å². The Morgan fingerprint density at radius 2 is 1.89 bits per heavy atom. The van der Waals surface area contributed by atoms with Crippen LogP contribution < -0.4 is 21.7 Å². The van der Waals surface area contributed by atoms with E-state index >= 15 is 0 Å². The van der Waals surface area contributed by atoms with Gasteiger partial charge in [0.25, 0.3) is 0 Å². The molecule has 0 aliphatic rings. The molecular weight excluding hydrogens is 236 g/mol. The molecule has 7 heteroatoms. The number of imide groups is 1. The van der Waals surface area contributed by atoms with Gasteiger partial charge in [-0.2, -0.15) is 0 Å². The van der Waals surface area contributed by atoms with Gasteiger partial charge >= 0.3 is 6.03 Å². The molecule has 0 saturated heterocycles. The van der Waals surface area contributed by atoms with E-state index in [9.17, 15) is 14.4 Å². The Balaban J connectivity index is 2.54. The second-order valence-corrected chi connectivity index (χ2v) is 3.53. The Kier molecular flexibility index (Phi) is 4.67. The maximum absolute atomic E-state index is 11.1. The van der Waals surface area contributed by atoms with E-state index in [1.807, 2.05) is 5.32 Å². The second kappa shape index (κ2) is 6.24. The van der Waals surface area contributed by atoms with Crippen LogP contribution in [0.2, 0.25) is 0 Å². The summed E-state index contributed by atoms with van der Waals surface area (Å²) in [6.07, 6.45) is 0. The lowest BCUT2D eigenvalue weighted by atomic mass is 10.2. The minimum atomic E-state index is -0.895. The predicted molar refractivity (Wildman–Crippen MR) is 67.0 cm³/mol. The number of primary amides is 1. The van der Waals surface area contributed by atoms with Gasteiger partial charge in [0.05, 0.1) is 6.54 Å². The second-order valence-electron chi connectivity index (χ2n) is 3.53. The zero-order chi connectivity index (χ0) is 13.5. The van der Waals surface area contributed by atoms with Crippen LogP contribution in [0.1, 0.15) is 6.92 Å². The van der Waals surface area contributed by atoms with E-state index in [0.29, 0.717) is 11.4 Å². The number of anilines is 2. The molecule has 0 fully saturated rings. The fraction of sp³-hybridized carbons (Fsp3) is 0.182. The average molecular weight is 250 g/mol. The number of nitrogens with one attached hydrogen (secondary N) is 3. The number of urea groups is 1. The maximum atomic E-state index is 11.1. The summed E-state index contributed by atoms with van der Waals surface area (Å²) in [4.78, 5) is 32.4. The van der Waals surface area contributed by atoms with Crippen LogP contribution in [0, 0.1) is 0 Å². The summed E-state index contributed by atoms with van der Waals surface area (Å²) in [6.45, 7) is 1.31. The highest BCUT2D eigenvalue weighted by Gasteiger charge is 2.04. The van der Waals surface area contributed by atoms with Crippen molar-refractivity contribution in [2.75, 3.05) is 17.2 Å². The van der Waals surface area contributed by atoms with Gasteiger partial charge in [0, 0.05) is 18.3 Å². The number of benzene rings is 1. The number of carbonyl (C=O) groups excluding carboxylic acids is 3. The molecule has 4 amide bonds. The fourth-order valence-corrected chi connectivity index (χ4v) is 1.27. The van der Waals surface area contributed by atoms with Crippen molar-refractivity contribution >= 4 is 29.2 Å². The molecule has 0 aromatic heterocycles. The van der Waals surface area contributed by atoms with Gasteiger partial charge in [-0.05, 0) is 18.2 Å². The standard InChI is InChI=1S/C11H14N4O3/c1-7(16)14-9-4-2-3-8(5-9)13-6-10(17)15-11(12)18/h2-5,13H,6H2,1H3,(H,14,16)(H3,12,15,17,18). The van der Waals surface area contributed by atoms with E-state index in [-0.39, 0.29) is 12.5 Å². The number of amides is 4. The molecule has 0 unspecified atom stereocenters. The van der Waals surface area contributed by atoms with Crippen molar-refractivity contribution < 1.29 is 14.4 Å². The van der Waals surface area contributed by atoms with Crippen molar-refractivity contribution in [3.63, 3.8) is 0 Å². The number of hydrogen-bond acceptors (Lipinski definition) is 4. The summed E-state index contributed by atoms with van der Waals surface area (Å²) < 4.78 is 0. The summed E-state index contributed by atoms with van der Waals surface area (Å²) in [5.74, 6) is -0.717. The molecule has 1 aromatic rings. The van der Waals surface area contributed by atoms with Crippen LogP contribution in [0.3, 0.4) is 0 Å². The third-order valence-electron chi connectivity index (χ3n) is 1.90. The van der Waals surface area contributed by atoms with Crippen molar-refractivity contribution in [1.82, 2.24) is 5.32 Å². The topological polar surface area (TPSA) is 113 Å². The normalized spacial score (nSPS) is 9.39. The van der Waals surface area contributed by atoms with Crippen molar-refractivity contribution in [3.8, 4) is 0 Å². The molecule has 18 heavy (non-hydrogen) atoms. The number of nitrogens with two attached hydrogens (primary N) is 1. The highest BCUT2D eigenvalue weighted by Crippen LogP contribution is 2.14. The van der Waals surface area contributed by atoms with E-state index in [1.54, 1.807) is 24.3 Å². The zero-order valence-corrected chi connectivity index (χ0v) is 9.82. The quantitative estimate of drug-likeness (QED) is 0.613. The Hall–Kier alpha value is -2.57. The summed E-state index contributed by atoms with van der Waals surface area (Å²) in [6, 6.07) is 5.94. The van der Waals surface area contributed by atoms with Gasteiger partial charge in [-0.1, -0.05) is 6.07 Å². The Morgan fingerprint density at radius 1 is 1.22 bits per heavy atom. The summed E-state index contributed by atoms with van der Waals surface area (Å²) in [7, 11) is 0. The minimum absolute atomic E-state index is 0.0908. The van der Waals surface area contributed by atoms with E-state index in [0.717, 1.165) is 0 Å². The molecular formula is C11H14N4O3. The van der Waals surface area contributed by atoms with Crippen LogP contribution in [-0.2, 0) is 9.59 Å². The largest absolute Gasteiger partial charge is 0.376 e. The lowest BCUT2D eigenvalue weighted by Crippen LogP contribution is -2.38. The SMILES string of the molecule is CC(=O)Nc1cccc(NCC(=O)NC(N)=O)c1. The van der Waals surface area contributed by atoms with Crippen LogP contribution in [0.15, 0.2) is 24.3 Å². The third kappa shape index (κ3) is 4.97. The molecule has 5 N–H and O–H groups in total. The summed E-state index contributed by atoms with van der Waals surface area (Å²) in [5, 5.41) is 7.33. The van der Waals surface area contributed by atoms with E-state index < -0.39 is 11.9 Å². The first-order chi connectivity index (χ1) is 8.47. The first kappa shape index (κ1) is 13.5. The van der Waals surface area contributed by atoms with Crippen LogP contribution in [-0.4, -0.2) is 24.4 Å². The smallest absolute Gasteiger partial charge is 0.318 e. The van der Waals surface area contributed by atoms with Gasteiger partial charge in [0.2, 0.25) is 11.8 Å². The molecule has 96 valence electrons. The molecule has 0 aliphatic heterocycles. The number of hydrogen-bond donors (Lipinski definition) is 4. The van der Waals surface area contributed by atoms with Crippen LogP contribution in [0.4, 0.5) is 16.2 Å². The van der Waals surface area contributed by atoms with Crippen molar-refractivity contribution in [2.45, 2.75) is 6.92 Å². The lowest BCUT2D eigenvalue weighted by molar-refractivity contribution is -0.118. The first-order valence-electron chi connectivity index (χ1n) is 5.18. The van der Waals surface area contributed by atoms with Crippen LogP contribution >= 0.6 is 0 Å². The molecule has 0 saturated carbocycles. The molecule has 0 aliphatic carbocycles. The number of rotatable bonds is 4. The molecule has 0 spiro atoms. The molecule has 0 bridgehead atoms. The van der Waals surface area contributed by atoms with E-state index in [4.69, 9.17) is 5.73 Å². The van der Waals surface area contributed by atoms with Crippen molar-refractivity contribution in [2.24, 2.45) is 5.73 Å². The van der Waals surface area contributed by atoms with Crippen LogP contribution in [0.5, 0.6) is 0 Å². The highest BCUT2D eigenvalue weighted by atomic mass is 16.2. The van der Waals surface area contributed by atoms with Gasteiger partial charge in [-0.3, -0.25) is 14.9 Å².